The van der Waals surface area contributed by atoms with Crippen LogP contribution in [0.3, 0.4) is 0 Å². The summed E-state index contributed by atoms with van der Waals surface area (Å²) in [5.41, 5.74) is 1.02. The van der Waals surface area contributed by atoms with Crippen LogP contribution in [0.15, 0.2) is 18.4 Å². The van der Waals surface area contributed by atoms with Gasteiger partial charge in [0.25, 0.3) is 0 Å². The van der Waals surface area contributed by atoms with Crippen LogP contribution in [0, 0.1) is 23.5 Å². The first-order valence-electron chi connectivity index (χ1n) is 10.1. The van der Waals surface area contributed by atoms with Gasteiger partial charge in [0.1, 0.15) is 6.10 Å². The second-order valence-electron chi connectivity index (χ2n) is 7.60. The second-order valence-corrected chi connectivity index (χ2v) is 7.60. The van der Waals surface area contributed by atoms with Crippen LogP contribution < -0.4 is 4.74 Å². The number of benzene rings is 1. The normalized spacial score (nSPS) is 26.2. The van der Waals surface area contributed by atoms with Gasteiger partial charge in [0.15, 0.2) is 11.6 Å². The number of hydrogen-bond acceptors (Lipinski definition) is 2. The van der Waals surface area contributed by atoms with Crippen molar-refractivity contribution in [3.05, 3.63) is 35.6 Å². The number of ether oxygens (including phenoxy) is 2. The van der Waals surface area contributed by atoms with Gasteiger partial charge in [-0.1, -0.05) is 32.6 Å². The SMILES string of the molecule is CCCC1CCC(C2CCC(c3ccc(OCC)c(F)c3F)=CO2)CC1. The molecular weight excluding hydrogens is 334 g/mol. The summed E-state index contributed by atoms with van der Waals surface area (Å²) in [6.45, 7) is 4.31. The van der Waals surface area contributed by atoms with E-state index in [1.165, 1.54) is 44.6 Å². The van der Waals surface area contributed by atoms with E-state index >= 15 is 0 Å². The molecule has 2 aliphatic rings. The van der Waals surface area contributed by atoms with Gasteiger partial charge in [-0.05, 0) is 62.1 Å². The van der Waals surface area contributed by atoms with Crippen molar-refractivity contribution in [3.63, 3.8) is 0 Å². The van der Waals surface area contributed by atoms with Crippen LogP contribution in [0.4, 0.5) is 8.78 Å². The first kappa shape index (κ1) is 19.2. The molecule has 1 atom stereocenters. The van der Waals surface area contributed by atoms with Crippen molar-refractivity contribution in [1.82, 2.24) is 0 Å². The van der Waals surface area contributed by atoms with Crippen LogP contribution in [0.1, 0.15) is 70.8 Å². The Kier molecular flexibility index (Phi) is 6.55. The molecule has 26 heavy (non-hydrogen) atoms. The smallest absolute Gasteiger partial charge is 0.201 e. The van der Waals surface area contributed by atoms with Gasteiger partial charge in [-0.15, -0.1) is 0 Å². The minimum Gasteiger partial charge on any atom is -0.497 e. The van der Waals surface area contributed by atoms with E-state index < -0.39 is 11.6 Å². The summed E-state index contributed by atoms with van der Waals surface area (Å²) in [7, 11) is 0. The fourth-order valence-electron chi connectivity index (χ4n) is 4.44. The maximum Gasteiger partial charge on any atom is 0.201 e. The van der Waals surface area contributed by atoms with Crippen LogP contribution in [0.2, 0.25) is 0 Å². The van der Waals surface area contributed by atoms with Crippen LogP contribution >= 0.6 is 0 Å². The van der Waals surface area contributed by atoms with Crippen molar-refractivity contribution >= 4 is 5.57 Å². The van der Waals surface area contributed by atoms with Crippen LogP contribution in [-0.4, -0.2) is 12.7 Å². The van der Waals surface area contributed by atoms with Gasteiger partial charge in [0.05, 0.1) is 12.9 Å². The summed E-state index contributed by atoms with van der Waals surface area (Å²) in [5.74, 6) is -0.312. The third kappa shape index (κ3) is 4.21. The van der Waals surface area contributed by atoms with E-state index in [9.17, 15) is 8.78 Å². The molecule has 1 aromatic rings. The fourth-order valence-corrected chi connectivity index (χ4v) is 4.44. The molecule has 0 amide bonds. The third-order valence-electron chi connectivity index (χ3n) is 5.89. The molecule has 4 heteroatoms. The van der Waals surface area contributed by atoms with E-state index in [1.54, 1.807) is 19.3 Å². The van der Waals surface area contributed by atoms with Crippen LogP contribution in [0.5, 0.6) is 5.75 Å². The highest BCUT2D eigenvalue weighted by Gasteiger charge is 2.30. The van der Waals surface area contributed by atoms with Gasteiger partial charge in [-0.25, -0.2) is 4.39 Å². The zero-order valence-electron chi connectivity index (χ0n) is 15.9. The lowest BCUT2D eigenvalue weighted by Crippen LogP contribution is -2.29. The average Bonchev–Trinajstić information content (AvgIpc) is 2.67. The Morgan fingerprint density at radius 1 is 1.04 bits per heavy atom. The highest BCUT2D eigenvalue weighted by Crippen LogP contribution is 2.39. The van der Waals surface area contributed by atoms with Crippen LogP contribution in [0.25, 0.3) is 5.57 Å². The highest BCUT2D eigenvalue weighted by molar-refractivity contribution is 5.66. The maximum atomic E-state index is 14.4. The molecule has 0 spiro atoms. The first-order chi connectivity index (χ1) is 12.6. The quantitative estimate of drug-likeness (QED) is 0.574. The Balaban J connectivity index is 1.62. The van der Waals surface area contributed by atoms with E-state index in [0.717, 1.165) is 24.3 Å². The predicted molar refractivity (Wildman–Crippen MR) is 100.0 cm³/mol. The summed E-state index contributed by atoms with van der Waals surface area (Å²) >= 11 is 0. The average molecular weight is 364 g/mol. The topological polar surface area (TPSA) is 18.5 Å². The van der Waals surface area contributed by atoms with Crippen molar-refractivity contribution in [1.29, 1.82) is 0 Å². The Hall–Kier alpha value is -1.58. The summed E-state index contributed by atoms with van der Waals surface area (Å²) in [5, 5.41) is 0. The van der Waals surface area contributed by atoms with Crippen LogP contribution in [-0.2, 0) is 4.74 Å². The zero-order valence-corrected chi connectivity index (χ0v) is 15.9. The highest BCUT2D eigenvalue weighted by atomic mass is 19.2. The van der Waals surface area contributed by atoms with Gasteiger partial charge in [-0.2, -0.15) is 4.39 Å². The lowest BCUT2D eigenvalue weighted by molar-refractivity contribution is 0.0446. The standard InChI is InChI=1S/C22H30F2O2/c1-3-5-15-6-8-16(9-7-15)19-12-10-17(14-26-19)18-11-13-20(25-4-2)22(24)21(18)23/h11,13-16,19H,3-10,12H2,1-2H3. The van der Waals surface area contributed by atoms with E-state index in [0.29, 0.717) is 12.5 Å². The number of hydrogen-bond donors (Lipinski definition) is 0. The van der Waals surface area contributed by atoms with Crippen molar-refractivity contribution in [2.75, 3.05) is 6.61 Å². The Bertz CT molecular complexity index is 633. The molecule has 0 saturated heterocycles. The molecule has 2 nitrogen and oxygen atoms in total. The molecule has 1 aliphatic carbocycles. The summed E-state index contributed by atoms with van der Waals surface area (Å²) in [4.78, 5) is 0. The molecule has 1 unspecified atom stereocenters. The molecule has 1 saturated carbocycles. The lowest BCUT2D eigenvalue weighted by atomic mass is 9.76. The molecule has 1 fully saturated rings. The molecule has 0 aromatic heterocycles. The minimum atomic E-state index is -0.915. The molecule has 3 rings (SSSR count). The zero-order chi connectivity index (χ0) is 18.5. The maximum absolute atomic E-state index is 14.4. The van der Waals surface area contributed by atoms with Gasteiger partial charge in [-0.3, -0.25) is 0 Å². The van der Waals surface area contributed by atoms with Gasteiger partial charge >= 0.3 is 0 Å². The third-order valence-corrected chi connectivity index (χ3v) is 5.89. The van der Waals surface area contributed by atoms with Crippen molar-refractivity contribution < 1.29 is 18.3 Å². The number of halogens is 2. The Morgan fingerprint density at radius 2 is 1.81 bits per heavy atom. The predicted octanol–water partition coefficient (Wildman–Crippen LogP) is 6.49. The molecule has 0 N–H and O–H groups in total. The molecule has 1 heterocycles. The van der Waals surface area contributed by atoms with Gasteiger partial charge in [0, 0.05) is 5.56 Å². The largest absolute Gasteiger partial charge is 0.497 e. The minimum absolute atomic E-state index is 0.0345. The molecule has 1 aromatic carbocycles. The second kappa shape index (κ2) is 8.88. The lowest BCUT2D eigenvalue weighted by Gasteiger charge is -2.35. The fraction of sp³-hybridized carbons (Fsp3) is 0.636. The van der Waals surface area contributed by atoms with E-state index in [1.807, 2.05) is 0 Å². The summed E-state index contributed by atoms with van der Waals surface area (Å²) < 4.78 is 39.6. The first-order valence-corrected chi connectivity index (χ1v) is 10.1. The summed E-state index contributed by atoms with van der Waals surface area (Å²) in [6, 6.07) is 3.09. The van der Waals surface area contributed by atoms with Gasteiger partial charge in [0.2, 0.25) is 5.82 Å². The van der Waals surface area contributed by atoms with E-state index in [2.05, 4.69) is 6.92 Å². The van der Waals surface area contributed by atoms with E-state index in [4.69, 9.17) is 9.47 Å². The Morgan fingerprint density at radius 3 is 2.42 bits per heavy atom. The van der Waals surface area contributed by atoms with Crippen molar-refractivity contribution in [3.8, 4) is 5.75 Å². The molecular formula is C22H30F2O2. The molecule has 144 valence electrons. The molecule has 0 radical (unpaired) electrons. The van der Waals surface area contributed by atoms with Crippen molar-refractivity contribution in [2.45, 2.75) is 71.3 Å². The van der Waals surface area contributed by atoms with Gasteiger partial charge < -0.3 is 9.47 Å². The van der Waals surface area contributed by atoms with Crippen molar-refractivity contribution in [2.24, 2.45) is 11.8 Å². The molecule has 0 bridgehead atoms. The number of rotatable bonds is 6. The Labute approximate surface area is 155 Å². The van der Waals surface area contributed by atoms with E-state index in [-0.39, 0.29) is 17.4 Å². The molecule has 1 aliphatic heterocycles. The summed E-state index contributed by atoms with van der Waals surface area (Å²) in [6.07, 6.45) is 11.1. The number of allylic oxidation sites excluding steroid dienone is 1. The monoisotopic (exact) mass is 364 g/mol.